The van der Waals surface area contributed by atoms with Gasteiger partial charge in [-0.1, -0.05) is 84.4 Å². The zero-order chi connectivity index (χ0) is 39.6. The van der Waals surface area contributed by atoms with Gasteiger partial charge in [-0.25, -0.2) is 0 Å². The smallest absolute Gasteiger partial charge is 0.309 e. The molecular weight excluding hydrogens is 673 g/mol. The number of nitrogens with one attached hydrogen (secondary N) is 1. The summed E-state index contributed by atoms with van der Waals surface area (Å²) in [6.07, 6.45) is 10.0. The maximum atomic E-state index is 14.2. The Balaban J connectivity index is 1.25. The second kappa shape index (κ2) is 14.5. The normalized spacial score (nSPS) is 36.6. The number of hydrogen-bond acceptors (Lipinski definition) is 6. The van der Waals surface area contributed by atoms with E-state index < -0.39 is 17.4 Å². The number of esters is 1. The molecule has 0 heterocycles. The van der Waals surface area contributed by atoms with Crippen LogP contribution in [-0.4, -0.2) is 61.0 Å². The molecule has 7 heteroatoms. The molecular formula is C47H72N2O5. The average molecular weight is 745 g/mol. The van der Waals surface area contributed by atoms with Gasteiger partial charge >= 0.3 is 11.9 Å². The molecule has 0 aliphatic heterocycles. The molecule has 1 aromatic rings. The number of rotatable bonds is 12. The standard InChI is InChI=1S/C47H72N2O5/c1-30(2)39-34(50)27-47(25-26-48-33(29-49(10)11)31-15-13-12-14-16-31)24-23-45(8)32(40(39)47)17-18-36-44(7)21-20-37(54-38(51)28-42(3,4)41(52)53)43(5,6)35(44)19-22-46(36,45)9/h12-16,30,32-33,35-37,48H,17-29H2,1-11H3,(H,52,53). The third-order valence-electron chi connectivity index (χ3n) is 16.7. The molecule has 0 saturated heterocycles. The van der Waals surface area contributed by atoms with Crippen LogP contribution in [0.4, 0.5) is 0 Å². The second-order valence-electron chi connectivity index (χ2n) is 21.1. The van der Waals surface area contributed by atoms with Crippen LogP contribution in [0.25, 0.3) is 0 Å². The Morgan fingerprint density at radius 1 is 0.926 bits per heavy atom. The fourth-order valence-electron chi connectivity index (χ4n) is 13.7. The lowest BCUT2D eigenvalue weighted by Gasteiger charge is -2.72. The Morgan fingerprint density at radius 3 is 2.24 bits per heavy atom. The van der Waals surface area contributed by atoms with Gasteiger partial charge in [0.15, 0.2) is 5.78 Å². The lowest BCUT2D eigenvalue weighted by Crippen LogP contribution is -2.65. The van der Waals surface area contributed by atoms with Gasteiger partial charge in [-0.2, -0.15) is 0 Å². The number of Topliss-reactive ketones (excluding diaryl/α,β-unsaturated/α-hetero) is 1. The van der Waals surface area contributed by atoms with E-state index in [1.54, 1.807) is 19.4 Å². The van der Waals surface area contributed by atoms with Gasteiger partial charge in [-0.15, -0.1) is 0 Å². The quantitative estimate of drug-likeness (QED) is 0.206. The van der Waals surface area contributed by atoms with Gasteiger partial charge in [0.1, 0.15) is 6.10 Å². The number of ether oxygens (including phenoxy) is 1. The minimum atomic E-state index is -1.15. The summed E-state index contributed by atoms with van der Waals surface area (Å²) in [5.41, 5.74) is 2.97. The molecule has 0 amide bonds. The van der Waals surface area contributed by atoms with Gasteiger partial charge in [-0.05, 0) is 143 Å². The van der Waals surface area contributed by atoms with Crippen molar-refractivity contribution in [2.24, 2.45) is 56.2 Å². The van der Waals surface area contributed by atoms with Crippen molar-refractivity contribution in [1.29, 1.82) is 0 Å². The maximum Gasteiger partial charge on any atom is 0.309 e. The van der Waals surface area contributed by atoms with Crippen molar-refractivity contribution in [3.63, 3.8) is 0 Å². The fraction of sp³-hybridized carbons (Fsp3) is 0.766. The summed E-state index contributed by atoms with van der Waals surface area (Å²) in [5, 5.41) is 13.6. The molecule has 7 nitrogen and oxygen atoms in total. The van der Waals surface area contributed by atoms with E-state index in [2.05, 4.69) is 103 Å². The Hall–Kier alpha value is -2.51. The summed E-state index contributed by atoms with van der Waals surface area (Å²) >= 11 is 0. The van der Waals surface area contributed by atoms with E-state index in [9.17, 15) is 19.5 Å². The van der Waals surface area contributed by atoms with Crippen molar-refractivity contribution in [2.45, 2.75) is 145 Å². The molecule has 2 N–H and O–H groups in total. The molecule has 5 aliphatic carbocycles. The van der Waals surface area contributed by atoms with Crippen LogP contribution in [0.1, 0.15) is 145 Å². The third-order valence-corrected chi connectivity index (χ3v) is 16.7. The number of likely N-dealkylation sites (N-methyl/N-ethyl adjacent to an activating group) is 1. The molecule has 5 aliphatic rings. The number of hydrogen-bond donors (Lipinski definition) is 2. The van der Waals surface area contributed by atoms with Gasteiger partial charge in [-0.3, -0.25) is 14.4 Å². The maximum absolute atomic E-state index is 14.2. The number of fused-ring (bicyclic) bond motifs is 7. The molecule has 54 heavy (non-hydrogen) atoms. The van der Waals surface area contributed by atoms with E-state index in [1.165, 1.54) is 12.0 Å². The first kappa shape index (κ1) is 41.1. The zero-order valence-electron chi connectivity index (χ0n) is 35.6. The molecule has 0 radical (unpaired) electrons. The Labute approximate surface area is 326 Å². The monoisotopic (exact) mass is 745 g/mol. The van der Waals surface area contributed by atoms with Crippen molar-refractivity contribution in [3.8, 4) is 0 Å². The van der Waals surface area contributed by atoms with Gasteiger partial charge in [0.25, 0.3) is 0 Å². The van der Waals surface area contributed by atoms with Crippen LogP contribution in [0, 0.1) is 56.2 Å². The van der Waals surface area contributed by atoms with Gasteiger partial charge in [0.2, 0.25) is 0 Å². The molecule has 4 saturated carbocycles. The lowest BCUT2D eigenvalue weighted by atomic mass is 9.33. The highest BCUT2D eigenvalue weighted by atomic mass is 16.5. The summed E-state index contributed by atoms with van der Waals surface area (Å²) in [7, 11) is 4.28. The SMILES string of the molecule is CC(C)C1=C2C3CCC4C5(C)CCC(OC(=O)CC(C)(C)C(=O)O)C(C)(C)C5CCC4(C)C3(C)CCC2(CCNC(CN(C)C)c2ccccc2)CC1=O. The van der Waals surface area contributed by atoms with Crippen molar-refractivity contribution in [3.05, 3.63) is 47.0 Å². The minimum absolute atomic E-state index is 0.0589. The van der Waals surface area contributed by atoms with Crippen molar-refractivity contribution in [2.75, 3.05) is 27.2 Å². The van der Waals surface area contributed by atoms with Crippen LogP contribution in [0.3, 0.4) is 0 Å². The molecule has 9 unspecified atom stereocenters. The largest absolute Gasteiger partial charge is 0.481 e. The first-order valence-electron chi connectivity index (χ1n) is 21.3. The molecule has 4 fully saturated rings. The van der Waals surface area contributed by atoms with E-state index in [4.69, 9.17) is 4.74 Å². The number of aliphatic carboxylic acids is 1. The first-order chi connectivity index (χ1) is 25.1. The summed E-state index contributed by atoms with van der Waals surface area (Å²) in [6.45, 7) is 21.9. The predicted octanol–water partition coefficient (Wildman–Crippen LogP) is 9.66. The topological polar surface area (TPSA) is 95.9 Å². The molecule has 0 spiro atoms. The lowest BCUT2D eigenvalue weighted by molar-refractivity contribution is -0.233. The number of carboxylic acids is 1. The molecule has 1 aromatic carbocycles. The number of ketones is 1. The Kier molecular flexibility index (Phi) is 11.0. The number of carbonyl (C=O) groups excluding carboxylic acids is 2. The highest BCUT2D eigenvalue weighted by Crippen LogP contribution is 2.77. The number of benzene rings is 1. The highest BCUT2D eigenvalue weighted by molar-refractivity contribution is 6.00. The van der Waals surface area contributed by atoms with Gasteiger partial charge < -0.3 is 20.1 Å². The van der Waals surface area contributed by atoms with Crippen molar-refractivity contribution < 1.29 is 24.2 Å². The minimum Gasteiger partial charge on any atom is -0.481 e. The summed E-state index contributed by atoms with van der Waals surface area (Å²) in [6, 6.07) is 11.0. The number of allylic oxidation sites excluding steroid dienone is 2. The van der Waals surface area contributed by atoms with E-state index >= 15 is 0 Å². The molecule has 0 aromatic heterocycles. The molecule has 9 atom stereocenters. The van der Waals surface area contributed by atoms with Crippen LogP contribution in [0.15, 0.2) is 41.5 Å². The fourth-order valence-corrected chi connectivity index (χ4v) is 13.7. The van der Waals surface area contributed by atoms with Gasteiger partial charge in [0, 0.05) is 29.8 Å². The summed E-state index contributed by atoms with van der Waals surface area (Å²) in [4.78, 5) is 41.3. The first-order valence-corrected chi connectivity index (χ1v) is 21.3. The zero-order valence-corrected chi connectivity index (χ0v) is 35.6. The van der Waals surface area contributed by atoms with Crippen LogP contribution >= 0.6 is 0 Å². The molecule has 300 valence electrons. The second-order valence-corrected chi connectivity index (χ2v) is 21.1. The van der Waals surface area contributed by atoms with Crippen LogP contribution < -0.4 is 5.32 Å². The van der Waals surface area contributed by atoms with E-state index in [1.807, 2.05) is 0 Å². The van der Waals surface area contributed by atoms with Crippen LogP contribution in [0.5, 0.6) is 0 Å². The van der Waals surface area contributed by atoms with E-state index in [0.29, 0.717) is 30.0 Å². The third kappa shape index (κ3) is 6.73. The van der Waals surface area contributed by atoms with Crippen LogP contribution in [0.2, 0.25) is 0 Å². The number of carboxylic acid groups (broad SMARTS) is 1. The highest BCUT2D eigenvalue weighted by Gasteiger charge is 2.70. The van der Waals surface area contributed by atoms with Gasteiger partial charge in [0.05, 0.1) is 11.8 Å². The molecule has 6 rings (SSSR count). The molecule has 0 bridgehead atoms. The van der Waals surface area contributed by atoms with Crippen LogP contribution in [-0.2, 0) is 19.1 Å². The Morgan fingerprint density at radius 2 is 1.61 bits per heavy atom. The van der Waals surface area contributed by atoms with Crippen molar-refractivity contribution >= 4 is 17.7 Å². The van der Waals surface area contributed by atoms with E-state index in [-0.39, 0.29) is 51.6 Å². The summed E-state index contributed by atoms with van der Waals surface area (Å²) in [5.74, 6) is 0.652. The number of carbonyl (C=O) groups is 3. The number of nitrogens with zero attached hydrogens (tertiary/aromatic N) is 1. The Bertz CT molecular complexity index is 1630. The van der Waals surface area contributed by atoms with E-state index in [0.717, 1.165) is 70.0 Å². The summed E-state index contributed by atoms with van der Waals surface area (Å²) < 4.78 is 6.20. The average Bonchev–Trinajstić information content (AvgIpc) is 3.38. The van der Waals surface area contributed by atoms with Crippen molar-refractivity contribution in [1.82, 2.24) is 10.2 Å². The predicted molar refractivity (Wildman–Crippen MR) is 216 cm³/mol.